The molecule has 0 atom stereocenters. The van der Waals surface area contributed by atoms with Crippen LogP contribution in [0.3, 0.4) is 0 Å². The molecule has 0 aliphatic carbocycles. The van der Waals surface area contributed by atoms with Gasteiger partial charge < -0.3 is 15.3 Å². The fourth-order valence-corrected chi connectivity index (χ4v) is 8.74. The Balaban J connectivity index is 1.40. The number of aromatic hydroxyl groups is 3. The summed E-state index contributed by atoms with van der Waals surface area (Å²) in [6, 6.07) is 54.3. The van der Waals surface area contributed by atoms with Gasteiger partial charge in [-0.25, -0.2) is 0 Å². The summed E-state index contributed by atoms with van der Waals surface area (Å²) in [5.74, 6) is -1.14. The van der Waals surface area contributed by atoms with E-state index < -0.39 is 5.75 Å². The van der Waals surface area contributed by atoms with Crippen LogP contribution in [0.25, 0.3) is 98.0 Å². The molecule has 0 bridgehead atoms. The maximum absolute atomic E-state index is 11.1. The topological polar surface area (TPSA) is 60.7 Å². The summed E-state index contributed by atoms with van der Waals surface area (Å²) in [5, 5.41) is 46.8. The van der Waals surface area contributed by atoms with Crippen molar-refractivity contribution in [1.29, 1.82) is 0 Å². The van der Waals surface area contributed by atoms with Gasteiger partial charge in [0.2, 0.25) is 0 Å². The summed E-state index contributed by atoms with van der Waals surface area (Å²) in [6.45, 7) is 0. The molecule has 5 heteroatoms. The Hall–Kier alpha value is -6.71. The minimum absolute atomic E-state index is 0.320. The van der Waals surface area contributed by atoms with Gasteiger partial charge in [0.25, 0.3) is 0 Å². The second-order valence-corrected chi connectivity index (χ2v) is 14.2. The quantitative estimate of drug-likeness (QED) is 0.0756. The van der Waals surface area contributed by atoms with Crippen LogP contribution in [0.4, 0.5) is 0 Å². The predicted octanol–water partition coefficient (Wildman–Crippen LogP) is 9.24. The summed E-state index contributed by atoms with van der Waals surface area (Å²) in [6.07, 6.45) is 0. The van der Waals surface area contributed by atoms with Gasteiger partial charge in [0.05, 0.1) is 0 Å². The van der Waals surface area contributed by atoms with Crippen molar-refractivity contribution in [2.45, 2.75) is 0 Å². The van der Waals surface area contributed by atoms with Gasteiger partial charge in [0.1, 0.15) is 15.7 Å². The van der Waals surface area contributed by atoms with Gasteiger partial charge in [-0.15, -0.1) is 0 Å². The number of hydrogen-bond acceptors (Lipinski definition) is 3. The molecular weight excluding hydrogens is 646 g/mol. The summed E-state index contributed by atoms with van der Waals surface area (Å²) >= 11 is 0. The largest absolute Gasteiger partial charge is 0.505 e. The highest BCUT2D eigenvalue weighted by Crippen LogP contribution is 2.46. The van der Waals surface area contributed by atoms with Crippen LogP contribution < -0.4 is 10.9 Å². The Morgan fingerprint density at radius 3 is 1.08 bits per heavy atom. The normalized spacial score (nSPS) is 11.8. The lowest BCUT2D eigenvalue weighted by atomic mass is 9.75. The van der Waals surface area contributed by atoms with Crippen LogP contribution in [0, 0.1) is 0 Å². The average Bonchev–Trinajstić information content (AvgIpc) is 3.20. The standard InChI is InChI=1S/C48H32B2O3/c49-44-43(45(50)47(52)48(53)46(44)51)32-22-30(41-35-15-7-3-11-28(35)24-39-33-13-5-1-9-26(33)17-19-37(39)41)21-31(23-32)42-36-16-8-4-12-29(36)25-40-34-14-6-2-10-27(34)18-20-38(40)42/h1-25,51-53H,49-50H2. The zero-order valence-corrected chi connectivity index (χ0v) is 29.3. The SMILES string of the molecule is Bc1c(O)c(O)c(O)c(B)c1-c1cc(-c2c3ccccc3cc3c2ccc2ccccc23)cc(-c2c3ccccc3cc3c2ccc2ccccc23)c1. The highest BCUT2D eigenvalue weighted by Gasteiger charge is 2.22. The number of fused-ring (bicyclic) bond motifs is 8. The fraction of sp³-hybridized carbons (Fsp3) is 0. The number of phenolic OH excluding ortho intramolecular Hbond substituents is 3. The lowest BCUT2D eigenvalue weighted by Crippen LogP contribution is -2.20. The molecule has 0 saturated heterocycles. The number of hydrogen-bond donors (Lipinski definition) is 3. The minimum Gasteiger partial charge on any atom is -0.505 e. The van der Waals surface area contributed by atoms with Crippen molar-refractivity contribution in [2.75, 3.05) is 0 Å². The third kappa shape index (κ3) is 4.64. The first-order valence-corrected chi connectivity index (χ1v) is 17.9. The Bertz CT molecular complexity index is 2980. The van der Waals surface area contributed by atoms with Crippen molar-refractivity contribution in [1.82, 2.24) is 0 Å². The van der Waals surface area contributed by atoms with Crippen molar-refractivity contribution < 1.29 is 15.3 Å². The zero-order chi connectivity index (χ0) is 36.0. The molecule has 0 unspecified atom stereocenters. The molecule has 3 N–H and O–H groups in total. The van der Waals surface area contributed by atoms with Crippen molar-refractivity contribution in [3.63, 3.8) is 0 Å². The van der Waals surface area contributed by atoms with E-state index in [-0.39, 0.29) is 11.5 Å². The van der Waals surface area contributed by atoms with Crippen molar-refractivity contribution in [3.05, 3.63) is 152 Å². The summed E-state index contributed by atoms with van der Waals surface area (Å²) < 4.78 is 0. The van der Waals surface area contributed by atoms with E-state index >= 15 is 0 Å². The molecule has 0 aliphatic rings. The van der Waals surface area contributed by atoms with Crippen LogP contribution >= 0.6 is 0 Å². The highest BCUT2D eigenvalue weighted by atomic mass is 16.3. The molecule has 10 aromatic carbocycles. The van der Waals surface area contributed by atoms with Crippen LogP contribution in [-0.4, -0.2) is 31.0 Å². The molecule has 0 saturated carbocycles. The molecule has 0 aromatic heterocycles. The second-order valence-electron chi connectivity index (χ2n) is 14.2. The summed E-state index contributed by atoms with van der Waals surface area (Å²) in [7, 11) is 3.59. The Morgan fingerprint density at radius 2 is 0.642 bits per heavy atom. The molecule has 3 nitrogen and oxygen atoms in total. The van der Waals surface area contributed by atoms with E-state index in [1.54, 1.807) is 15.7 Å². The Labute approximate surface area is 307 Å². The molecule has 0 fully saturated rings. The van der Waals surface area contributed by atoms with E-state index in [0.717, 1.165) is 60.1 Å². The molecule has 0 radical (unpaired) electrons. The molecule has 0 aliphatic heterocycles. The second kappa shape index (κ2) is 11.7. The van der Waals surface area contributed by atoms with Gasteiger partial charge in [0, 0.05) is 0 Å². The first-order chi connectivity index (χ1) is 25.9. The first-order valence-electron chi connectivity index (χ1n) is 17.9. The maximum Gasteiger partial charge on any atom is 0.199 e. The van der Waals surface area contributed by atoms with E-state index in [0.29, 0.717) is 16.5 Å². The Kier molecular flexibility index (Phi) is 6.83. The molecule has 10 rings (SSSR count). The number of phenols is 3. The van der Waals surface area contributed by atoms with Gasteiger partial charge in [-0.1, -0.05) is 121 Å². The van der Waals surface area contributed by atoms with Gasteiger partial charge in [-0.2, -0.15) is 0 Å². The van der Waals surface area contributed by atoms with E-state index in [4.69, 9.17) is 0 Å². The lowest BCUT2D eigenvalue weighted by Gasteiger charge is -2.21. The molecule has 53 heavy (non-hydrogen) atoms. The van der Waals surface area contributed by atoms with E-state index in [1.165, 1.54) is 32.3 Å². The molecule has 10 aromatic rings. The van der Waals surface area contributed by atoms with Gasteiger partial charge in [0.15, 0.2) is 17.2 Å². The van der Waals surface area contributed by atoms with Crippen molar-refractivity contribution in [3.8, 4) is 50.6 Å². The van der Waals surface area contributed by atoms with E-state index in [1.807, 2.05) is 0 Å². The van der Waals surface area contributed by atoms with Crippen molar-refractivity contribution >= 4 is 91.3 Å². The number of rotatable bonds is 3. The summed E-state index contributed by atoms with van der Waals surface area (Å²) in [4.78, 5) is 0. The van der Waals surface area contributed by atoms with Gasteiger partial charge >= 0.3 is 0 Å². The maximum atomic E-state index is 11.1. The highest BCUT2D eigenvalue weighted by molar-refractivity contribution is 6.47. The monoisotopic (exact) mass is 678 g/mol. The molecule has 0 spiro atoms. The lowest BCUT2D eigenvalue weighted by molar-refractivity contribution is 0.372. The predicted molar refractivity (Wildman–Crippen MR) is 229 cm³/mol. The Morgan fingerprint density at radius 1 is 0.283 bits per heavy atom. The molecular formula is C48H32B2O3. The van der Waals surface area contributed by atoms with Crippen LogP contribution in [0.2, 0.25) is 0 Å². The minimum atomic E-state index is -0.501. The fourth-order valence-electron chi connectivity index (χ4n) is 8.74. The first kappa shape index (κ1) is 31.1. The van der Waals surface area contributed by atoms with Crippen LogP contribution in [0.15, 0.2) is 152 Å². The molecule has 0 heterocycles. The van der Waals surface area contributed by atoms with Crippen molar-refractivity contribution in [2.24, 2.45) is 0 Å². The smallest absolute Gasteiger partial charge is 0.199 e. The molecule has 248 valence electrons. The van der Waals surface area contributed by atoms with E-state index in [9.17, 15) is 15.3 Å². The van der Waals surface area contributed by atoms with Crippen LogP contribution in [0.1, 0.15) is 0 Å². The average molecular weight is 678 g/mol. The van der Waals surface area contributed by atoms with Gasteiger partial charge in [-0.3, -0.25) is 0 Å². The number of benzene rings is 10. The van der Waals surface area contributed by atoms with Crippen LogP contribution in [-0.2, 0) is 0 Å². The van der Waals surface area contributed by atoms with E-state index in [2.05, 4.69) is 152 Å². The summed E-state index contributed by atoms with van der Waals surface area (Å²) in [5.41, 5.74) is 6.79. The van der Waals surface area contributed by atoms with Crippen LogP contribution in [0.5, 0.6) is 17.2 Å². The van der Waals surface area contributed by atoms with Gasteiger partial charge in [-0.05, 0) is 139 Å². The molecule has 0 amide bonds. The zero-order valence-electron chi connectivity index (χ0n) is 29.3. The third-order valence-corrected chi connectivity index (χ3v) is 11.2. The third-order valence-electron chi connectivity index (χ3n) is 11.2.